The molecule has 0 rings (SSSR count). The first-order chi connectivity index (χ1) is 10.7. The van der Waals surface area contributed by atoms with Crippen molar-refractivity contribution < 1.29 is 55.8 Å². The molecule has 11 nitrogen and oxygen atoms in total. The Hall–Kier alpha value is -0.440. The Balaban J connectivity index is 4.22. The summed E-state index contributed by atoms with van der Waals surface area (Å²) in [5, 5.41) is 92.2. The van der Waals surface area contributed by atoms with Gasteiger partial charge in [0.15, 0.2) is 0 Å². The first kappa shape index (κ1) is 22.6. The molecule has 11 heteroatoms. The zero-order valence-corrected chi connectivity index (χ0v) is 12.3. The summed E-state index contributed by atoms with van der Waals surface area (Å²) in [7, 11) is 0. The third-order valence-corrected chi connectivity index (χ3v) is 3.23. The van der Waals surface area contributed by atoms with Gasteiger partial charge in [0, 0.05) is 0 Å². The van der Waals surface area contributed by atoms with Crippen molar-refractivity contribution in [3.05, 3.63) is 0 Å². The fraction of sp³-hybridized carbons (Fsp3) is 1.00. The van der Waals surface area contributed by atoms with Gasteiger partial charge in [0.1, 0.15) is 48.8 Å². The summed E-state index contributed by atoms with van der Waals surface area (Å²) < 4.78 is 4.80. The minimum absolute atomic E-state index is 0.598. The number of rotatable bonds is 12. The van der Waals surface area contributed by atoms with E-state index in [1.165, 1.54) is 0 Å². The van der Waals surface area contributed by atoms with Gasteiger partial charge in [-0.05, 0) is 0 Å². The standard InChI is InChI=1S/C12H26O11/c13-1-5(15)9(19)11(21)7(17)3-23-4-8(18)12(22)10(20)6(16)2-14/h5-22H,1-4H2/t5-,6-,7+,8+,9-,10-,11-,12-/m1/s1. The van der Waals surface area contributed by atoms with Crippen molar-refractivity contribution in [2.24, 2.45) is 0 Å². The highest BCUT2D eigenvalue weighted by molar-refractivity contribution is 4.82. The molecular weight excluding hydrogens is 320 g/mol. The topological polar surface area (TPSA) is 212 Å². The highest BCUT2D eigenvalue weighted by Gasteiger charge is 2.32. The molecule has 8 atom stereocenters. The van der Waals surface area contributed by atoms with Crippen LogP contribution in [0.3, 0.4) is 0 Å². The zero-order chi connectivity index (χ0) is 18.2. The van der Waals surface area contributed by atoms with E-state index in [0.29, 0.717) is 0 Å². The second kappa shape index (κ2) is 11.2. The van der Waals surface area contributed by atoms with Crippen LogP contribution in [0.5, 0.6) is 0 Å². The molecule has 0 aromatic heterocycles. The van der Waals surface area contributed by atoms with Crippen LogP contribution in [0.1, 0.15) is 0 Å². The van der Waals surface area contributed by atoms with Crippen molar-refractivity contribution in [2.75, 3.05) is 26.4 Å². The number of aliphatic hydroxyl groups is 10. The van der Waals surface area contributed by atoms with Crippen LogP contribution in [-0.4, -0.2) is 126 Å². The third kappa shape index (κ3) is 7.32. The van der Waals surface area contributed by atoms with E-state index in [4.69, 9.17) is 25.2 Å². The highest BCUT2D eigenvalue weighted by atomic mass is 16.5. The summed E-state index contributed by atoms with van der Waals surface area (Å²) in [4.78, 5) is 0. The Morgan fingerprint density at radius 1 is 0.478 bits per heavy atom. The van der Waals surface area contributed by atoms with Gasteiger partial charge in [-0.3, -0.25) is 0 Å². The van der Waals surface area contributed by atoms with E-state index >= 15 is 0 Å². The number of ether oxygens (including phenoxy) is 1. The first-order valence-corrected chi connectivity index (χ1v) is 6.91. The van der Waals surface area contributed by atoms with Crippen molar-refractivity contribution in [2.45, 2.75) is 48.8 Å². The van der Waals surface area contributed by atoms with Crippen LogP contribution in [0, 0.1) is 0 Å². The smallest absolute Gasteiger partial charge is 0.111 e. The van der Waals surface area contributed by atoms with Crippen molar-refractivity contribution >= 4 is 0 Å². The van der Waals surface area contributed by atoms with Gasteiger partial charge in [0.2, 0.25) is 0 Å². The summed E-state index contributed by atoms with van der Waals surface area (Å²) in [6.45, 7) is -2.86. The van der Waals surface area contributed by atoms with Gasteiger partial charge >= 0.3 is 0 Å². The monoisotopic (exact) mass is 346 g/mol. The molecule has 0 amide bonds. The van der Waals surface area contributed by atoms with Crippen LogP contribution < -0.4 is 0 Å². The summed E-state index contributed by atoms with van der Waals surface area (Å²) >= 11 is 0. The quantitative estimate of drug-likeness (QED) is 0.160. The molecule has 0 radical (unpaired) electrons. The molecule has 23 heavy (non-hydrogen) atoms. The predicted octanol–water partition coefficient (Wildman–Crippen LogP) is -6.13. The molecule has 0 aromatic carbocycles. The van der Waals surface area contributed by atoms with Gasteiger partial charge < -0.3 is 55.8 Å². The van der Waals surface area contributed by atoms with Gasteiger partial charge in [0.05, 0.1) is 26.4 Å². The van der Waals surface area contributed by atoms with Crippen LogP contribution in [0.4, 0.5) is 0 Å². The van der Waals surface area contributed by atoms with Crippen LogP contribution in [-0.2, 0) is 4.74 Å². The lowest BCUT2D eigenvalue weighted by Gasteiger charge is -2.27. The molecule has 0 aliphatic rings. The molecule has 0 aliphatic carbocycles. The molecule has 0 aliphatic heterocycles. The molecule has 0 aromatic rings. The van der Waals surface area contributed by atoms with E-state index in [1.807, 2.05) is 0 Å². The van der Waals surface area contributed by atoms with Gasteiger partial charge in [-0.1, -0.05) is 0 Å². The van der Waals surface area contributed by atoms with E-state index < -0.39 is 75.3 Å². The van der Waals surface area contributed by atoms with Crippen LogP contribution >= 0.6 is 0 Å². The van der Waals surface area contributed by atoms with Crippen LogP contribution in [0.2, 0.25) is 0 Å². The maximum Gasteiger partial charge on any atom is 0.111 e. The zero-order valence-electron chi connectivity index (χ0n) is 12.3. The van der Waals surface area contributed by atoms with Gasteiger partial charge in [-0.15, -0.1) is 0 Å². The van der Waals surface area contributed by atoms with Crippen molar-refractivity contribution in [1.29, 1.82) is 0 Å². The maximum absolute atomic E-state index is 9.53. The number of hydrogen-bond acceptors (Lipinski definition) is 11. The highest BCUT2D eigenvalue weighted by Crippen LogP contribution is 2.08. The van der Waals surface area contributed by atoms with Crippen LogP contribution in [0.15, 0.2) is 0 Å². The molecular formula is C12H26O11. The summed E-state index contributed by atoms with van der Waals surface area (Å²) in [5.74, 6) is 0. The Labute approximate surface area is 132 Å². The largest absolute Gasteiger partial charge is 0.394 e. The molecule has 0 saturated heterocycles. The lowest BCUT2D eigenvalue weighted by Crippen LogP contribution is -2.49. The molecule has 140 valence electrons. The summed E-state index contributed by atoms with van der Waals surface area (Å²) in [5.41, 5.74) is 0. The maximum atomic E-state index is 9.53. The lowest BCUT2D eigenvalue weighted by atomic mass is 10.0. The average Bonchev–Trinajstić information content (AvgIpc) is 2.56. The fourth-order valence-corrected chi connectivity index (χ4v) is 1.63. The normalized spacial score (nSPS) is 22.7. The summed E-state index contributed by atoms with van der Waals surface area (Å²) in [6.07, 6.45) is -14.0. The first-order valence-electron chi connectivity index (χ1n) is 6.91. The minimum Gasteiger partial charge on any atom is -0.394 e. The molecule has 0 fully saturated rings. The van der Waals surface area contributed by atoms with Crippen molar-refractivity contribution in [3.63, 3.8) is 0 Å². The Kier molecular flexibility index (Phi) is 11.0. The van der Waals surface area contributed by atoms with Crippen molar-refractivity contribution in [3.8, 4) is 0 Å². The lowest BCUT2D eigenvalue weighted by molar-refractivity contribution is -0.148. The van der Waals surface area contributed by atoms with E-state index in [2.05, 4.69) is 0 Å². The van der Waals surface area contributed by atoms with Gasteiger partial charge in [0.25, 0.3) is 0 Å². The molecule has 10 N–H and O–H groups in total. The minimum atomic E-state index is -1.83. The van der Waals surface area contributed by atoms with Gasteiger partial charge in [-0.2, -0.15) is 0 Å². The molecule has 0 unspecified atom stereocenters. The van der Waals surface area contributed by atoms with Crippen LogP contribution in [0.25, 0.3) is 0 Å². The third-order valence-electron chi connectivity index (χ3n) is 3.23. The fourth-order valence-electron chi connectivity index (χ4n) is 1.63. The number of hydrogen-bond donors (Lipinski definition) is 10. The molecule has 0 bridgehead atoms. The average molecular weight is 346 g/mol. The molecule has 0 heterocycles. The predicted molar refractivity (Wildman–Crippen MR) is 73.0 cm³/mol. The molecule has 0 saturated carbocycles. The SMILES string of the molecule is OC[C@@H](O)[C@@H](O)[C@H](O)[C@@H](O)COC[C@H](O)[C@@H](O)[C@H](O)[C@H](O)CO. The summed E-state index contributed by atoms with van der Waals surface area (Å²) in [6, 6.07) is 0. The Bertz CT molecular complexity index is 277. The van der Waals surface area contributed by atoms with Gasteiger partial charge in [-0.25, -0.2) is 0 Å². The Morgan fingerprint density at radius 2 is 0.739 bits per heavy atom. The van der Waals surface area contributed by atoms with E-state index in [1.54, 1.807) is 0 Å². The number of aliphatic hydroxyl groups excluding tert-OH is 10. The van der Waals surface area contributed by atoms with Crippen molar-refractivity contribution in [1.82, 2.24) is 0 Å². The van der Waals surface area contributed by atoms with E-state index in [9.17, 15) is 30.6 Å². The second-order valence-electron chi connectivity index (χ2n) is 5.13. The Morgan fingerprint density at radius 3 is 1.00 bits per heavy atom. The van der Waals surface area contributed by atoms with E-state index in [-0.39, 0.29) is 0 Å². The molecule has 0 spiro atoms. The second-order valence-corrected chi connectivity index (χ2v) is 5.13. The van der Waals surface area contributed by atoms with E-state index in [0.717, 1.165) is 0 Å².